The number of carboxylic acid groups (broad SMARTS) is 1. The van der Waals surface area contributed by atoms with E-state index in [0.29, 0.717) is 10.8 Å². The number of hydrogen-bond donors (Lipinski definition) is 1. The van der Waals surface area contributed by atoms with Crippen molar-refractivity contribution in [2.24, 2.45) is 0 Å². The van der Waals surface area contributed by atoms with Crippen molar-refractivity contribution in [1.29, 1.82) is 0 Å². The van der Waals surface area contributed by atoms with Crippen LogP contribution in [0.5, 0.6) is 0 Å². The van der Waals surface area contributed by atoms with Crippen LogP contribution in [0.1, 0.15) is 29.8 Å². The van der Waals surface area contributed by atoms with Crippen molar-refractivity contribution < 1.29 is 32.3 Å². The molecule has 0 bridgehead atoms. The van der Waals surface area contributed by atoms with E-state index >= 15 is 0 Å². The minimum absolute atomic E-state index is 0.0271. The third kappa shape index (κ3) is 3.34. The largest absolute Gasteiger partial charge is 0.478 e. The maximum Gasteiger partial charge on any atom is 0.404 e. The second-order valence-corrected chi connectivity index (χ2v) is 7.03. The van der Waals surface area contributed by atoms with Gasteiger partial charge in [0, 0.05) is 5.56 Å². The van der Waals surface area contributed by atoms with Crippen molar-refractivity contribution in [3.8, 4) is 0 Å². The van der Waals surface area contributed by atoms with E-state index in [1.165, 1.54) is 38.1 Å². The van der Waals surface area contributed by atoms with Crippen molar-refractivity contribution in [3.05, 3.63) is 47.5 Å². The van der Waals surface area contributed by atoms with Gasteiger partial charge in [0.15, 0.2) is 0 Å². The van der Waals surface area contributed by atoms with Crippen molar-refractivity contribution in [3.63, 3.8) is 0 Å². The molecule has 0 heterocycles. The van der Waals surface area contributed by atoms with Crippen molar-refractivity contribution >= 4 is 24.3 Å². The summed E-state index contributed by atoms with van der Waals surface area (Å²) in [5, 5.41) is 9.89. The average molecular weight is 358 g/mol. The van der Waals surface area contributed by atoms with Gasteiger partial charge in [-0.2, -0.15) is 8.78 Å². The number of aromatic carboxylic acids is 1. The number of carbonyl (C=O) groups is 1. The van der Waals surface area contributed by atoms with Crippen LogP contribution in [0, 0.1) is 0 Å². The monoisotopic (exact) mass is 358 g/mol. The summed E-state index contributed by atoms with van der Waals surface area (Å²) in [5.41, 5.74) is -4.43. The van der Waals surface area contributed by atoms with E-state index in [4.69, 9.17) is 14.2 Å². The molecule has 8 heteroatoms. The van der Waals surface area contributed by atoms with Crippen LogP contribution in [0.15, 0.2) is 36.4 Å². The molecule has 0 radical (unpaired) electrons. The summed E-state index contributed by atoms with van der Waals surface area (Å²) in [7, 11) is -4.70. The van der Waals surface area contributed by atoms with Crippen LogP contribution >= 0.6 is 7.60 Å². The van der Waals surface area contributed by atoms with Gasteiger partial charge in [-0.15, -0.1) is 0 Å². The summed E-state index contributed by atoms with van der Waals surface area (Å²) in [6.45, 7) is 2.51. The zero-order valence-electron chi connectivity index (χ0n) is 13.2. The normalized spacial score (nSPS) is 12.5. The molecular formula is C16H17F2O5P. The van der Waals surface area contributed by atoms with Gasteiger partial charge >= 0.3 is 19.2 Å². The van der Waals surface area contributed by atoms with Gasteiger partial charge in [0.1, 0.15) is 0 Å². The smallest absolute Gasteiger partial charge is 0.404 e. The van der Waals surface area contributed by atoms with E-state index in [-0.39, 0.29) is 18.8 Å². The molecule has 0 atom stereocenters. The molecular weight excluding hydrogens is 341 g/mol. The topological polar surface area (TPSA) is 72.8 Å². The fourth-order valence-electron chi connectivity index (χ4n) is 2.26. The second kappa shape index (κ2) is 6.97. The highest BCUT2D eigenvalue weighted by atomic mass is 31.2. The predicted octanol–water partition coefficient (Wildman–Crippen LogP) is 4.85. The van der Waals surface area contributed by atoms with Gasteiger partial charge in [-0.25, -0.2) is 4.79 Å². The minimum atomic E-state index is -4.70. The number of alkyl halides is 2. The van der Waals surface area contributed by atoms with E-state index in [9.17, 15) is 18.1 Å². The van der Waals surface area contributed by atoms with Crippen LogP contribution in [0.25, 0.3) is 10.8 Å². The Kier molecular flexibility index (Phi) is 5.38. The van der Waals surface area contributed by atoms with Gasteiger partial charge in [0.05, 0.1) is 18.8 Å². The molecule has 0 aromatic heterocycles. The number of hydrogen-bond acceptors (Lipinski definition) is 4. The highest BCUT2D eigenvalue weighted by Gasteiger charge is 2.54. The van der Waals surface area contributed by atoms with Crippen LogP contribution in [-0.2, 0) is 19.3 Å². The number of carboxylic acids is 1. The fourth-order valence-corrected chi connectivity index (χ4v) is 3.80. The Morgan fingerprint density at radius 2 is 1.67 bits per heavy atom. The molecule has 0 saturated heterocycles. The molecule has 5 nitrogen and oxygen atoms in total. The van der Waals surface area contributed by atoms with Gasteiger partial charge < -0.3 is 14.2 Å². The van der Waals surface area contributed by atoms with Crippen LogP contribution in [0.2, 0.25) is 0 Å². The SMILES string of the molecule is CCOP(=O)(OCC)C(F)(F)c1ccc2ccc(C(=O)O)cc2c1. The van der Waals surface area contributed by atoms with E-state index in [2.05, 4.69) is 0 Å². The summed E-state index contributed by atoms with van der Waals surface area (Å²) in [4.78, 5) is 11.0. The molecule has 2 rings (SSSR count). The van der Waals surface area contributed by atoms with E-state index in [1.54, 1.807) is 0 Å². The first-order valence-corrected chi connectivity index (χ1v) is 8.84. The zero-order chi connectivity index (χ0) is 18.0. The Morgan fingerprint density at radius 1 is 1.08 bits per heavy atom. The van der Waals surface area contributed by atoms with Gasteiger partial charge in [-0.3, -0.25) is 4.57 Å². The van der Waals surface area contributed by atoms with E-state index in [0.717, 1.165) is 12.1 Å². The molecule has 0 spiro atoms. The van der Waals surface area contributed by atoms with Gasteiger partial charge in [-0.1, -0.05) is 18.2 Å². The third-order valence-electron chi connectivity index (χ3n) is 3.38. The molecule has 0 fully saturated rings. The van der Waals surface area contributed by atoms with Gasteiger partial charge in [0.2, 0.25) is 0 Å². The zero-order valence-corrected chi connectivity index (χ0v) is 14.1. The van der Waals surface area contributed by atoms with E-state index < -0.39 is 24.8 Å². The average Bonchev–Trinajstić information content (AvgIpc) is 2.54. The highest BCUT2D eigenvalue weighted by molar-refractivity contribution is 7.54. The first-order chi connectivity index (χ1) is 11.2. The molecule has 2 aromatic rings. The molecule has 0 amide bonds. The lowest BCUT2D eigenvalue weighted by molar-refractivity contribution is 0.0362. The molecule has 0 aliphatic rings. The van der Waals surface area contributed by atoms with Gasteiger partial charge in [-0.05, 0) is 42.8 Å². The molecule has 0 saturated carbocycles. The number of fused-ring (bicyclic) bond motifs is 1. The summed E-state index contributed by atoms with van der Waals surface area (Å²) >= 11 is 0. The summed E-state index contributed by atoms with van der Waals surface area (Å²) in [6, 6.07) is 7.83. The molecule has 0 aliphatic carbocycles. The molecule has 24 heavy (non-hydrogen) atoms. The van der Waals surface area contributed by atoms with Crippen LogP contribution < -0.4 is 0 Å². The lowest BCUT2D eigenvalue weighted by Gasteiger charge is -2.26. The predicted molar refractivity (Wildman–Crippen MR) is 85.7 cm³/mol. The third-order valence-corrected chi connectivity index (χ3v) is 5.52. The summed E-state index contributed by atoms with van der Waals surface area (Å²) in [6.07, 6.45) is 0. The van der Waals surface area contributed by atoms with Crippen molar-refractivity contribution in [1.82, 2.24) is 0 Å². The molecule has 1 N–H and O–H groups in total. The highest BCUT2D eigenvalue weighted by Crippen LogP contribution is 2.66. The minimum Gasteiger partial charge on any atom is -0.478 e. The van der Waals surface area contributed by atoms with E-state index in [1.807, 2.05) is 0 Å². The number of rotatable bonds is 7. The molecule has 2 aromatic carbocycles. The first kappa shape index (κ1) is 18.5. The van der Waals surface area contributed by atoms with Crippen LogP contribution in [-0.4, -0.2) is 24.3 Å². The number of benzene rings is 2. The Morgan fingerprint density at radius 3 is 2.21 bits per heavy atom. The summed E-state index contributed by atoms with van der Waals surface area (Å²) < 4.78 is 51.4. The quantitative estimate of drug-likeness (QED) is 0.716. The van der Waals surface area contributed by atoms with Crippen molar-refractivity contribution in [2.75, 3.05) is 13.2 Å². The van der Waals surface area contributed by atoms with Crippen molar-refractivity contribution in [2.45, 2.75) is 19.5 Å². The summed E-state index contributed by atoms with van der Waals surface area (Å²) in [5.74, 6) is -1.16. The Balaban J connectivity index is 2.56. The first-order valence-electron chi connectivity index (χ1n) is 7.29. The fraction of sp³-hybridized carbons (Fsp3) is 0.312. The molecule has 0 aliphatic heterocycles. The standard InChI is InChI=1S/C16H17F2O5P/c1-3-22-24(21,23-4-2)16(17,18)14-8-7-11-5-6-12(15(19)20)9-13(11)10-14/h5-10H,3-4H2,1-2H3,(H,19,20). The maximum absolute atomic E-state index is 14.7. The lowest BCUT2D eigenvalue weighted by Crippen LogP contribution is -2.18. The maximum atomic E-state index is 14.7. The Hall–Kier alpha value is -1.82. The van der Waals surface area contributed by atoms with Crippen LogP contribution in [0.4, 0.5) is 8.78 Å². The number of halogens is 2. The Bertz CT molecular complexity index is 796. The van der Waals surface area contributed by atoms with Gasteiger partial charge in [0.25, 0.3) is 0 Å². The molecule has 130 valence electrons. The van der Waals surface area contributed by atoms with Crippen LogP contribution in [0.3, 0.4) is 0 Å². The molecule has 0 unspecified atom stereocenters. The lowest BCUT2D eigenvalue weighted by atomic mass is 10.0. The Labute approximate surface area is 137 Å². The second-order valence-electron chi connectivity index (χ2n) is 4.96.